The minimum atomic E-state index is -0.681. The molecule has 0 unspecified atom stereocenters. The Balaban J connectivity index is 2.19. The number of esters is 1. The van der Waals surface area contributed by atoms with Gasteiger partial charge in [0.2, 0.25) is 4.96 Å². The van der Waals surface area contributed by atoms with E-state index in [4.69, 9.17) is 23.2 Å². The van der Waals surface area contributed by atoms with Crippen molar-refractivity contribution in [3.8, 4) is 10.6 Å². The molecule has 22 heavy (non-hydrogen) atoms. The number of hydrogen-bond acceptors (Lipinski definition) is 6. The van der Waals surface area contributed by atoms with Gasteiger partial charge in [0.1, 0.15) is 5.01 Å². The lowest BCUT2D eigenvalue weighted by Crippen LogP contribution is -2.18. The third-order valence-corrected chi connectivity index (χ3v) is 4.29. The first-order valence-electron chi connectivity index (χ1n) is 5.94. The lowest BCUT2D eigenvalue weighted by atomic mass is 10.2. The second-order valence-corrected chi connectivity index (χ2v) is 6.00. The first kappa shape index (κ1) is 15.0. The molecule has 0 radical (unpaired) electrons. The van der Waals surface area contributed by atoms with Gasteiger partial charge in [-0.15, -0.1) is 0 Å². The number of rotatable bonds is 2. The number of aromatic nitrogens is 3. The number of benzene rings is 1. The van der Waals surface area contributed by atoms with Crippen molar-refractivity contribution in [3.63, 3.8) is 0 Å². The highest BCUT2D eigenvalue weighted by molar-refractivity contribution is 7.19. The zero-order chi connectivity index (χ0) is 15.9. The highest BCUT2D eigenvalue weighted by Crippen LogP contribution is 2.32. The molecule has 1 aromatic carbocycles. The molecule has 6 nitrogen and oxygen atoms in total. The quantitative estimate of drug-likeness (QED) is 0.660. The molecule has 3 aromatic rings. The summed E-state index contributed by atoms with van der Waals surface area (Å²) in [6.07, 6.45) is 0. The number of hydrogen-bond donors (Lipinski definition) is 0. The molecule has 0 saturated carbocycles. The van der Waals surface area contributed by atoms with Gasteiger partial charge in [0, 0.05) is 16.7 Å². The molecule has 0 aliphatic rings. The van der Waals surface area contributed by atoms with Crippen molar-refractivity contribution in [2.75, 3.05) is 7.11 Å². The van der Waals surface area contributed by atoms with Gasteiger partial charge < -0.3 is 4.74 Å². The average Bonchev–Trinajstić information content (AvgIpc) is 2.90. The third-order valence-electron chi connectivity index (χ3n) is 2.80. The molecule has 2 heterocycles. The zero-order valence-electron chi connectivity index (χ0n) is 11.0. The Labute approximate surface area is 137 Å². The van der Waals surface area contributed by atoms with Gasteiger partial charge in [-0.1, -0.05) is 34.5 Å². The highest BCUT2D eigenvalue weighted by atomic mass is 35.5. The van der Waals surface area contributed by atoms with Crippen LogP contribution >= 0.6 is 34.5 Å². The zero-order valence-corrected chi connectivity index (χ0v) is 13.4. The minimum absolute atomic E-state index is 0.0649. The van der Waals surface area contributed by atoms with Crippen LogP contribution in [0.3, 0.4) is 0 Å². The van der Waals surface area contributed by atoms with E-state index in [-0.39, 0.29) is 10.7 Å². The van der Waals surface area contributed by atoms with Crippen LogP contribution in [0, 0.1) is 0 Å². The molecule has 0 N–H and O–H groups in total. The van der Waals surface area contributed by atoms with Crippen molar-refractivity contribution in [2.24, 2.45) is 0 Å². The summed E-state index contributed by atoms with van der Waals surface area (Å²) in [4.78, 5) is 27.8. The minimum Gasteiger partial charge on any atom is -0.464 e. The van der Waals surface area contributed by atoms with Crippen LogP contribution in [-0.2, 0) is 4.74 Å². The topological polar surface area (TPSA) is 73.6 Å². The second kappa shape index (κ2) is 5.68. The molecule has 0 fully saturated rings. The maximum atomic E-state index is 12.0. The number of carbonyl (C=O) groups is 1. The van der Waals surface area contributed by atoms with Crippen LogP contribution in [0.15, 0.2) is 29.1 Å². The Morgan fingerprint density at radius 2 is 2.09 bits per heavy atom. The fraction of sp³-hybridized carbons (Fsp3) is 0.0769. The van der Waals surface area contributed by atoms with Crippen LogP contribution in [0.25, 0.3) is 15.5 Å². The fourth-order valence-electron chi connectivity index (χ4n) is 1.79. The van der Waals surface area contributed by atoms with E-state index in [1.54, 1.807) is 18.2 Å². The summed E-state index contributed by atoms with van der Waals surface area (Å²) in [5.41, 5.74) is 0.0865. The van der Waals surface area contributed by atoms with E-state index in [0.717, 1.165) is 21.9 Å². The molecule has 0 bridgehead atoms. The van der Waals surface area contributed by atoms with Gasteiger partial charge in [0.15, 0.2) is 5.69 Å². The van der Waals surface area contributed by atoms with E-state index >= 15 is 0 Å². The largest absolute Gasteiger partial charge is 0.464 e. The highest BCUT2D eigenvalue weighted by Gasteiger charge is 2.16. The van der Waals surface area contributed by atoms with Crippen LogP contribution in [0.2, 0.25) is 10.0 Å². The van der Waals surface area contributed by atoms with E-state index < -0.39 is 11.5 Å². The predicted molar refractivity (Wildman–Crippen MR) is 83.9 cm³/mol. The Kier molecular flexibility index (Phi) is 3.86. The maximum Gasteiger partial charge on any atom is 0.356 e. The Bertz CT molecular complexity index is 951. The SMILES string of the molecule is COC(=O)c1cc(=O)n2nc(-c3ccc(Cl)cc3Cl)sc2n1. The molecule has 2 aromatic heterocycles. The first-order valence-corrected chi connectivity index (χ1v) is 7.51. The summed E-state index contributed by atoms with van der Waals surface area (Å²) in [5.74, 6) is -0.681. The van der Waals surface area contributed by atoms with Gasteiger partial charge in [0.25, 0.3) is 5.56 Å². The predicted octanol–water partition coefficient (Wildman–Crippen LogP) is 2.91. The van der Waals surface area contributed by atoms with Gasteiger partial charge >= 0.3 is 5.97 Å². The molecule has 3 rings (SSSR count). The standard InChI is InChI=1S/C13H7Cl2N3O3S/c1-21-12(20)9-5-10(19)18-13(16-9)22-11(17-18)7-3-2-6(14)4-8(7)15/h2-5H,1H3. The fourth-order valence-corrected chi connectivity index (χ4v) is 3.29. The Morgan fingerprint density at radius 3 is 2.77 bits per heavy atom. The monoisotopic (exact) mass is 355 g/mol. The summed E-state index contributed by atoms with van der Waals surface area (Å²) in [6, 6.07) is 6.03. The summed E-state index contributed by atoms with van der Waals surface area (Å²) < 4.78 is 5.67. The second-order valence-electron chi connectivity index (χ2n) is 4.20. The molecular formula is C13H7Cl2N3O3S. The van der Waals surface area contributed by atoms with Gasteiger partial charge in [-0.05, 0) is 18.2 Å². The van der Waals surface area contributed by atoms with E-state index in [0.29, 0.717) is 20.6 Å². The van der Waals surface area contributed by atoms with Crippen LogP contribution in [0.4, 0.5) is 0 Å². The van der Waals surface area contributed by atoms with Gasteiger partial charge in [-0.2, -0.15) is 9.61 Å². The number of fused-ring (bicyclic) bond motifs is 1. The van der Waals surface area contributed by atoms with Gasteiger partial charge in [-0.3, -0.25) is 4.79 Å². The number of ether oxygens (including phenoxy) is 1. The summed E-state index contributed by atoms with van der Waals surface area (Å²) in [7, 11) is 1.22. The molecular weight excluding hydrogens is 349 g/mol. The van der Waals surface area contributed by atoms with Crippen LogP contribution in [-0.4, -0.2) is 27.7 Å². The third kappa shape index (κ3) is 2.58. The lowest BCUT2D eigenvalue weighted by Gasteiger charge is -1.99. The molecule has 0 aliphatic heterocycles. The lowest BCUT2D eigenvalue weighted by molar-refractivity contribution is 0.0594. The number of carbonyl (C=O) groups excluding carboxylic acids is 1. The van der Waals surface area contributed by atoms with Crippen molar-refractivity contribution in [2.45, 2.75) is 0 Å². The number of nitrogens with zero attached hydrogens (tertiary/aromatic N) is 3. The van der Waals surface area contributed by atoms with Gasteiger partial charge in [0.05, 0.1) is 12.1 Å². The van der Waals surface area contributed by atoms with Crippen molar-refractivity contribution >= 4 is 45.5 Å². The molecule has 9 heteroatoms. The molecule has 0 atom stereocenters. The van der Waals surface area contributed by atoms with Crippen LogP contribution in [0.5, 0.6) is 0 Å². The van der Waals surface area contributed by atoms with Crippen LogP contribution in [0.1, 0.15) is 10.5 Å². The first-order chi connectivity index (χ1) is 10.5. The van der Waals surface area contributed by atoms with Crippen LogP contribution < -0.4 is 5.56 Å². The van der Waals surface area contributed by atoms with E-state index in [9.17, 15) is 9.59 Å². The summed E-state index contributed by atoms with van der Waals surface area (Å²) >= 11 is 13.1. The van der Waals surface area contributed by atoms with E-state index in [1.165, 1.54) is 7.11 Å². The van der Waals surface area contributed by atoms with E-state index in [1.807, 2.05) is 0 Å². The molecule has 0 aliphatic carbocycles. The van der Waals surface area contributed by atoms with Crippen molar-refractivity contribution < 1.29 is 9.53 Å². The average molecular weight is 356 g/mol. The Hall–Kier alpha value is -1.96. The van der Waals surface area contributed by atoms with Gasteiger partial charge in [-0.25, -0.2) is 9.78 Å². The number of methoxy groups -OCH3 is 1. The van der Waals surface area contributed by atoms with Crippen molar-refractivity contribution in [1.29, 1.82) is 0 Å². The summed E-state index contributed by atoms with van der Waals surface area (Å²) in [5, 5.41) is 5.58. The van der Waals surface area contributed by atoms with Crippen molar-refractivity contribution in [3.05, 3.63) is 50.4 Å². The number of halogens is 2. The smallest absolute Gasteiger partial charge is 0.356 e. The Morgan fingerprint density at radius 1 is 1.32 bits per heavy atom. The van der Waals surface area contributed by atoms with E-state index in [2.05, 4.69) is 14.8 Å². The summed E-state index contributed by atoms with van der Waals surface area (Å²) in [6.45, 7) is 0. The normalized spacial score (nSPS) is 10.9. The van der Waals surface area contributed by atoms with Crippen molar-refractivity contribution in [1.82, 2.24) is 14.6 Å². The molecule has 0 spiro atoms. The molecule has 0 amide bonds. The molecule has 0 saturated heterocycles. The maximum absolute atomic E-state index is 12.0. The molecule has 112 valence electrons.